The number of anilines is 1. The zero-order valence-corrected chi connectivity index (χ0v) is 20.8. The summed E-state index contributed by atoms with van der Waals surface area (Å²) < 4.78 is 29.4. The summed E-state index contributed by atoms with van der Waals surface area (Å²) in [6.45, 7) is 0.00164. The Labute approximate surface area is 216 Å². The van der Waals surface area contributed by atoms with Gasteiger partial charge in [-0.3, -0.25) is 19.7 Å². The third kappa shape index (κ3) is 4.61. The Kier molecular flexibility index (Phi) is 6.31. The second-order valence-electron chi connectivity index (χ2n) is 8.52. The van der Waals surface area contributed by atoms with Crippen molar-refractivity contribution >= 4 is 49.9 Å². The summed E-state index contributed by atoms with van der Waals surface area (Å²) in [6.07, 6.45) is 4.50. The molecule has 11 nitrogen and oxygen atoms in total. The Bertz CT molecular complexity index is 1630. The molecule has 4 aromatic rings. The number of nitrogens with two attached hydrogens (primary N) is 1. The number of aromatic nitrogens is 3. The van der Waals surface area contributed by atoms with Gasteiger partial charge in [0.25, 0.3) is 15.9 Å². The monoisotopic (exact) mass is 540 g/mol. The quantitative estimate of drug-likeness (QED) is 0.291. The molecule has 0 radical (unpaired) electrons. The molecule has 190 valence electrons. The lowest BCUT2D eigenvalue weighted by Crippen LogP contribution is -2.52. The molecule has 0 aliphatic carbocycles. The van der Waals surface area contributed by atoms with E-state index in [0.29, 0.717) is 22.0 Å². The van der Waals surface area contributed by atoms with Crippen LogP contribution in [0.1, 0.15) is 22.3 Å². The zero-order chi connectivity index (χ0) is 26.2. The highest BCUT2D eigenvalue weighted by Gasteiger charge is 2.45. The van der Waals surface area contributed by atoms with Gasteiger partial charge < -0.3 is 15.4 Å². The molecule has 5 N–H and O–H groups in total. The summed E-state index contributed by atoms with van der Waals surface area (Å²) in [4.78, 5) is 31.2. The Morgan fingerprint density at radius 1 is 1.16 bits per heavy atom. The second-order valence-corrected chi connectivity index (χ2v) is 10.5. The molecule has 0 spiro atoms. The van der Waals surface area contributed by atoms with Crippen LogP contribution < -0.4 is 20.5 Å². The van der Waals surface area contributed by atoms with Gasteiger partial charge in [-0.15, -0.1) is 0 Å². The highest BCUT2D eigenvalue weighted by molar-refractivity contribution is 7.89. The smallest absolute Gasteiger partial charge is 0.255 e. The Balaban J connectivity index is 1.53. The predicted molar refractivity (Wildman–Crippen MR) is 136 cm³/mol. The van der Waals surface area contributed by atoms with E-state index in [0.717, 1.165) is 17.0 Å². The summed E-state index contributed by atoms with van der Waals surface area (Å²) in [7, 11) is -4.23. The molecule has 1 aliphatic rings. The lowest BCUT2D eigenvalue weighted by molar-refractivity contribution is -0.122. The maximum Gasteiger partial charge on any atom is 0.255 e. The topological polar surface area (TPSA) is 169 Å². The number of nitrogens with one attached hydrogen (secondary N) is 3. The fraction of sp³-hybridized carbons (Fsp3) is 0.167. The van der Waals surface area contributed by atoms with Gasteiger partial charge in [0, 0.05) is 40.5 Å². The Hall–Kier alpha value is -4.00. The van der Waals surface area contributed by atoms with Gasteiger partial charge >= 0.3 is 0 Å². The summed E-state index contributed by atoms with van der Waals surface area (Å²) in [5, 5.41) is 18.2. The molecule has 37 heavy (non-hydrogen) atoms. The van der Waals surface area contributed by atoms with E-state index >= 15 is 0 Å². The van der Waals surface area contributed by atoms with Gasteiger partial charge in [-0.25, -0.2) is 13.6 Å². The Morgan fingerprint density at radius 3 is 2.78 bits per heavy atom. The van der Waals surface area contributed by atoms with Crippen molar-refractivity contribution in [2.45, 2.75) is 16.9 Å². The minimum atomic E-state index is -4.23. The minimum absolute atomic E-state index is 0.193. The number of hydrogen-bond donors (Lipinski definition) is 4. The van der Waals surface area contributed by atoms with Gasteiger partial charge in [0.2, 0.25) is 5.91 Å². The van der Waals surface area contributed by atoms with E-state index in [2.05, 4.69) is 25.8 Å². The van der Waals surface area contributed by atoms with Crippen molar-refractivity contribution in [2.24, 2.45) is 5.14 Å². The number of primary sulfonamides is 1. The van der Waals surface area contributed by atoms with Crippen LogP contribution in [0, 0.1) is 0 Å². The van der Waals surface area contributed by atoms with E-state index in [1.54, 1.807) is 30.6 Å². The summed E-state index contributed by atoms with van der Waals surface area (Å²) in [5.74, 6) is -0.742. The average molecular weight is 541 g/mol. The molecule has 2 amide bonds. The van der Waals surface area contributed by atoms with Crippen molar-refractivity contribution in [2.75, 3.05) is 18.5 Å². The van der Waals surface area contributed by atoms with Crippen molar-refractivity contribution in [3.05, 3.63) is 77.2 Å². The number of pyridine rings is 1. The van der Waals surface area contributed by atoms with Crippen LogP contribution in [-0.2, 0) is 20.2 Å². The van der Waals surface area contributed by atoms with Gasteiger partial charge in [0.15, 0.2) is 5.03 Å². The van der Waals surface area contributed by atoms with E-state index in [9.17, 15) is 18.0 Å². The first kappa shape index (κ1) is 24.7. The maximum atomic E-state index is 14.0. The van der Waals surface area contributed by atoms with Crippen LogP contribution in [0.5, 0.6) is 5.75 Å². The summed E-state index contributed by atoms with van der Waals surface area (Å²) in [5.41, 5.74) is -0.600. The van der Waals surface area contributed by atoms with Crippen LogP contribution in [0.3, 0.4) is 0 Å². The summed E-state index contributed by atoms with van der Waals surface area (Å²) >= 11 is 6.28. The molecule has 0 saturated heterocycles. The van der Waals surface area contributed by atoms with Crippen LogP contribution >= 0.6 is 11.6 Å². The number of nitrogens with zero attached hydrogens (tertiary/aromatic N) is 2. The van der Waals surface area contributed by atoms with E-state index in [1.807, 2.05) is 24.3 Å². The molecule has 3 heterocycles. The average Bonchev–Trinajstić information content (AvgIpc) is 3.39. The number of amides is 2. The first-order valence-electron chi connectivity index (χ1n) is 11.1. The van der Waals surface area contributed by atoms with Crippen LogP contribution in [0.25, 0.3) is 10.8 Å². The second kappa shape index (κ2) is 9.47. The number of hydrogen-bond acceptors (Lipinski definition) is 7. The maximum absolute atomic E-state index is 14.0. The van der Waals surface area contributed by atoms with Crippen LogP contribution in [0.4, 0.5) is 5.69 Å². The zero-order valence-electron chi connectivity index (χ0n) is 19.2. The largest absolute Gasteiger partial charge is 0.493 e. The number of carbonyl (C=O) groups excluding carboxylic acids is 2. The molecule has 0 fully saturated rings. The van der Waals surface area contributed by atoms with Gasteiger partial charge in [-0.2, -0.15) is 5.10 Å². The molecule has 13 heteroatoms. The van der Waals surface area contributed by atoms with Crippen molar-refractivity contribution in [1.29, 1.82) is 0 Å². The molecule has 1 aliphatic heterocycles. The van der Waals surface area contributed by atoms with Crippen molar-refractivity contribution in [1.82, 2.24) is 20.5 Å². The van der Waals surface area contributed by atoms with Crippen molar-refractivity contribution in [3.8, 4) is 5.75 Å². The molecule has 1 atom stereocenters. The highest BCUT2D eigenvalue weighted by Crippen LogP contribution is 2.41. The van der Waals surface area contributed by atoms with E-state index in [-0.39, 0.29) is 25.1 Å². The molecule has 2 aromatic carbocycles. The molecule has 2 aromatic heterocycles. The number of H-pyrrole nitrogens is 1. The van der Waals surface area contributed by atoms with E-state index < -0.39 is 32.3 Å². The van der Waals surface area contributed by atoms with Crippen molar-refractivity contribution in [3.63, 3.8) is 0 Å². The van der Waals surface area contributed by atoms with Gasteiger partial charge in [-0.1, -0.05) is 35.9 Å². The number of rotatable bonds is 6. The lowest BCUT2D eigenvalue weighted by atomic mass is 9.74. The number of benzene rings is 2. The molecule has 0 saturated carbocycles. The molecular weight excluding hydrogens is 520 g/mol. The normalized spacial score (nSPS) is 17.0. The van der Waals surface area contributed by atoms with Gasteiger partial charge in [0.05, 0.1) is 35.7 Å². The fourth-order valence-electron chi connectivity index (χ4n) is 4.41. The number of carbonyl (C=O) groups is 2. The molecule has 1 unspecified atom stereocenters. The van der Waals surface area contributed by atoms with Gasteiger partial charge in [-0.05, 0) is 18.2 Å². The first-order chi connectivity index (χ1) is 17.7. The Morgan fingerprint density at radius 2 is 1.97 bits per heavy atom. The first-order valence-corrected chi connectivity index (χ1v) is 13.0. The molecular formula is C24H21ClN6O5S. The third-order valence-electron chi connectivity index (χ3n) is 6.28. The SMILES string of the molecule is NS(=O)(=O)c1[nH]ncc1C(=O)NCC1(C(=O)Nc2cncc3ccccc23)CCOc2ccc(Cl)cc21. The number of aromatic amines is 1. The standard InChI is InChI=1S/C24H21ClN6O5S/c25-15-5-6-20-18(9-15)24(7-8-36-20,13-28-21(32)17-11-29-31-22(17)37(26,34)35)23(33)30-19-12-27-10-14-3-1-2-4-16(14)19/h1-6,9-12H,7-8,13H2,(H,28,32)(H,29,31)(H,30,33)(H2,26,34,35). The van der Waals surface area contributed by atoms with Crippen molar-refractivity contribution < 1.29 is 22.7 Å². The molecule has 0 bridgehead atoms. The number of ether oxygens (including phenoxy) is 1. The highest BCUT2D eigenvalue weighted by atomic mass is 35.5. The predicted octanol–water partition coefficient (Wildman–Crippen LogP) is 2.35. The fourth-order valence-corrected chi connectivity index (χ4v) is 5.21. The van der Waals surface area contributed by atoms with E-state index in [4.69, 9.17) is 21.5 Å². The van der Waals surface area contributed by atoms with E-state index in [1.165, 1.54) is 0 Å². The van der Waals surface area contributed by atoms with Crippen LogP contribution in [-0.4, -0.2) is 48.6 Å². The number of halogens is 1. The minimum Gasteiger partial charge on any atom is -0.493 e. The lowest BCUT2D eigenvalue weighted by Gasteiger charge is -2.37. The molecule has 5 rings (SSSR count). The van der Waals surface area contributed by atoms with Gasteiger partial charge in [0.1, 0.15) is 5.75 Å². The number of sulfonamides is 1. The van der Waals surface area contributed by atoms with Crippen LogP contribution in [0.2, 0.25) is 5.02 Å². The summed E-state index contributed by atoms with van der Waals surface area (Å²) in [6, 6.07) is 12.4. The third-order valence-corrected chi connectivity index (χ3v) is 7.39. The van der Waals surface area contributed by atoms with Crippen LogP contribution in [0.15, 0.2) is 66.1 Å². The number of fused-ring (bicyclic) bond motifs is 2.